The van der Waals surface area contributed by atoms with Crippen LogP contribution < -0.4 is 15.6 Å². The zero-order valence-corrected chi connectivity index (χ0v) is 43.6. The number of aromatic nitrogens is 3. The van der Waals surface area contributed by atoms with Crippen molar-refractivity contribution < 1.29 is 4.42 Å². The van der Waals surface area contributed by atoms with Gasteiger partial charge in [-0.15, -0.1) is 0 Å². The molecule has 366 valence electrons. The van der Waals surface area contributed by atoms with E-state index in [0.717, 1.165) is 61.5 Å². The summed E-state index contributed by atoms with van der Waals surface area (Å²) < 4.78 is 14.1. The second-order valence-corrected chi connectivity index (χ2v) is 24.7. The highest BCUT2D eigenvalue weighted by atomic mass is 28.3. The van der Waals surface area contributed by atoms with Crippen molar-refractivity contribution in [1.29, 1.82) is 0 Å². The van der Waals surface area contributed by atoms with E-state index in [1.165, 1.54) is 81.2 Å². The fourth-order valence-corrected chi connectivity index (χ4v) is 18.1. The van der Waals surface area contributed by atoms with Crippen LogP contribution in [0.2, 0.25) is 0 Å². The first-order valence-electron chi connectivity index (χ1n) is 27.0. The molecule has 0 bridgehead atoms. The number of rotatable bonds is 9. The zero-order chi connectivity index (χ0) is 51.3. The van der Waals surface area contributed by atoms with Crippen molar-refractivity contribution in [3.8, 4) is 28.2 Å². The number of hydrogen-bond donors (Lipinski definition) is 0. The molecule has 0 N–H and O–H groups in total. The van der Waals surface area contributed by atoms with Gasteiger partial charge in [0.1, 0.15) is 11.2 Å². The molecule has 0 aliphatic rings. The van der Waals surface area contributed by atoms with Gasteiger partial charge in [-0.25, -0.2) is 0 Å². The first-order valence-corrected chi connectivity index (χ1v) is 29.2. The minimum atomic E-state index is -2.90. The van der Waals surface area contributed by atoms with Gasteiger partial charge in [0, 0.05) is 65.7 Å². The van der Waals surface area contributed by atoms with E-state index in [1.54, 1.807) is 0 Å². The molecule has 4 heterocycles. The summed E-state index contributed by atoms with van der Waals surface area (Å²) in [7, 11) is -2.90. The molecule has 5 heteroatoms. The molecule has 0 spiro atoms. The molecule has 0 saturated carbocycles. The average molecular weight is 1010 g/mol. The number of fused-ring (bicyclic) bond motifs is 12. The van der Waals surface area contributed by atoms with Gasteiger partial charge < -0.3 is 18.1 Å². The standard InChI is InChI=1S/C73H49N3OSi/c1-4-22-49(23-5-1)62-46-53(47-64-60-34-14-19-41-71(60)77-73(62)64)76-67-38-17-12-33-59(67)63-45-52(42-43-69(63)76)75-68-39-18-13-35-61(68)72-50(24-20-40-70(72)75)48-78(54-26-6-2-7-27-54,55-28-8-3-9-29-55)56-30-21-25-51(44-56)74-65-36-15-10-31-57(65)58-32-11-16-37-66(58)74/h1-47H,48H2. The number of benzene rings is 12. The smallest absolute Gasteiger partial charge is 0.152 e. The first kappa shape index (κ1) is 44.4. The lowest BCUT2D eigenvalue weighted by Gasteiger charge is -2.34. The number of hydrogen-bond acceptors (Lipinski definition) is 1. The van der Waals surface area contributed by atoms with Crippen LogP contribution in [0.5, 0.6) is 0 Å². The van der Waals surface area contributed by atoms with E-state index < -0.39 is 8.07 Å². The van der Waals surface area contributed by atoms with Gasteiger partial charge >= 0.3 is 0 Å². The van der Waals surface area contributed by atoms with Crippen LogP contribution in [0, 0.1) is 0 Å². The van der Waals surface area contributed by atoms with Crippen LogP contribution in [0.4, 0.5) is 0 Å². The largest absolute Gasteiger partial charge is 0.455 e. The SMILES string of the molecule is c1ccc(-c2cc(-n3c4ccccc4c4cc(-n5c6ccccc6c6c(C[Si](c7ccccc7)(c7ccccc7)c7cccc(-n8c9ccccc9c9ccccc98)c7)cccc65)ccc43)cc3c2oc2ccccc23)cc1. The van der Waals surface area contributed by atoms with Crippen molar-refractivity contribution in [2.75, 3.05) is 0 Å². The van der Waals surface area contributed by atoms with Crippen LogP contribution >= 0.6 is 0 Å². The van der Waals surface area contributed by atoms with Crippen molar-refractivity contribution in [2.24, 2.45) is 0 Å². The Morgan fingerprint density at radius 2 is 0.756 bits per heavy atom. The lowest BCUT2D eigenvalue weighted by Crippen LogP contribution is -2.69. The molecule has 16 aromatic rings. The number of furan rings is 1. The molecule has 0 aliphatic carbocycles. The van der Waals surface area contributed by atoms with Gasteiger partial charge in [0.2, 0.25) is 0 Å². The van der Waals surface area contributed by atoms with Gasteiger partial charge in [-0.2, -0.15) is 0 Å². The Morgan fingerprint density at radius 3 is 1.42 bits per heavy atom. The van der Waals surface area contributed by atoms with Gasteiger partial charge in [0.15, 0.2) is 8.07 Å². The van der Waals surface area contributed by atoms with Crippen molar-refractivity contribution in [2.45, 2.75) is 6.04 Å². The predicted octanol–water partition coefficient (Wildman–Crippen LogP) is 16.8. The summed E-state index contributed by atoms with van der Waals surface area (Å²) in [6.07, 6.45) is 0. The van der Waals surface area contributed by atoms with Crippen LogP contribution in [0.3, 0.4) is 0 Å². The molecule has 0 atom stereocenters. The van der Waals surface area contributed by atoms with E-state index in [4.69, 9.17) is 4.42 Å². The van der Waals surface area contributed by atoms with E-state index in [0.29, 0.717) is 0 Å². The normalized spacial score (nSPS) is 12.2. The summed E-state index contributed by atoms with van der Waals surface area (Å²) in [4.78, 5) is 0. The average Bonchev–Trinajstić information content (AvgIpc) is 4.41. The zero-order valence-electron chi connectivity index (χ0n) is 42.6. The molecule has 0 unspecified atom stereocenters. The molecule has 4 aromatic heterocycles. The highest BCUT2D eigenvalue weighted by Gasteiger charge is 2.40. The van der Waals surface area contributed by atoms with Gasteiger partial charge in [-0.1, -0.05) is 206 Å². The monoisotopic (exact) mass is 1010 g/mol. The second-order valence-electron chi connectivity index (χ2n) is 20.8. The molecule has 0 amide bonds. The highest BCUT2D eigenvalue weighted by molar-refractivity contribution is 7.11. The van der Waals surface area contributed by atoms with Crippen LogP contribution in [0.25, 0.3) is 116 Å². The van der Waals surface area contributed by atoms with E-state index in [9.17, 15) is 0 Å². The summed E-state index contributed by atoms with van der Waals surface area (Å²) in [5.74, 6) is 0. The van der Waals surface area contributed by atoms with E-state index in [-0.39, 0.29) is 0 Å². The maximum atomic E-state index is 6.65. The Balaban J connectivity index is 0.901. The highest BCUT2D eigenvalue weighted by Crippen LogP contribution is 2.43. The summed E-state index contributed by atoms with van der Waals surface area (Å²) in [6, 6.07) is 106. The molecule has 0 saturated heterocycles. The molecular weight excluding hydrogens is 963 g/mol. The second kappa shape index (κ2) is 17.6. The van der Waals surface area contributed by atoms with E-state index >= 15 is 0 Å². The lowest BCUT2D eigenvalue weighted by molar-refractivity contribution is 0.670. The first-order chi connectivity index (χ1) is 38.7. The predicted molar refractivity (Wildman–Crippen MR) is 330 cm³/mol. The number of nitrogens with zero attached hydrogens (tertiary/aromatic N) is 3. The maximum Gasteiger partial charge on any atom is 0.152 e. The Labute approximate surface area is 451 Å². The molecule has 0 fully saturated rings. The van der Waals surface area contributed by atoms with Gasteiger partial charge in [0.05, 0.1) is 33.1 Å². The summed E-state index contributed by atoms with van der Waals surface area (Å²) in [5, 5.41) is 13.8. The van der Waals surface area contributed by atoms with Gasteiger partial charge in [-0.05, 0) is 112 Å². The minimum absolute atomic E-state index is 0.858. The molecule has 12 aromatic carbocycles. The molecule has 16 rings (SSSR count). The van der Waals surface area contributed by atoms with Crippen LogP contribution in [0.1, 0.15) is 5.56 Å². The topological polar surface area (TPSA) is 27.9 Å². The Bertz CT molecular complexity index is 4910. The van der Waals surface area contributed by atoms with Crippen molar-refractivity contribution in [1.82, 2.24) is 13.7 Å². The molecular formula is C73H49N3OSi. The third kappa shape index (κ3) is 6.65. The molecule has 0 radical (unpaired) electrons. The van der Waals surface area contributed by atoms with Gasteiger partial charge in [0.25, 0.3) is 0 Å². The Hall–Kier alpha value is -9.94. The fourth-order valence-electron chi connectivity index (χ4n) is 13.3. The Morgan fingerprint density at radius 1 is 0.295 bits per heavy atom. The molecule has 0 aliphatic heterocycles. The fraction of sp³-hybridized carbons (Fsp3) is 0.0137. The number of para-hydroxylation sites is 5. The van der Waals surface area contributed by atoms with Crippen LogP contribution in [-0.4, -0.2) is 21.8 Å². The summed E-state index contributed by atoms with van der Waals surface area (Å²) in [6.45, 7) is 0. The minimum Gasteiger partial charge on any atom is -0.455 e. The third-order valence-corrected chi connectivity index (χ3v) is 21.5. The third-order valence-electron chi connectivity index (χ3n) is 16.7. The van der Waals surface area contributed by atoms with Crippen molar-refractivity contribution >= 4 is 111 Å². The Kier molecular flexibility index (Phi) is 9.99. The van der Waals surface area contributed by atoms with Crippen molar-refractivity contribution in [3.05, 3.63) is 291 Å². The molecule has 78 heavy (non-hydrogen) atoms. The quantitative estimate of drug-likeness (QED) is 0.105. The summed E-state index contributed by atoms with van der Waals surface area (Å²) >= 11 is 0. The van der Waals surface area contributed by atoms with Gasteiger partial charge in [-0.3, -0.25) is 0 Å². The van der Waals surface area contributed by atoms with Crippen molar-refractivity contribution in [3.63, 3.8) is 0 Å². The molecule has 4 nitrogen and oxygen atoms in total. The summed E-state index contributed by atoms with van der Waals surface area (Å²) in [5.41, 5.74) is 15.9. The van der Waals surface area contributed by atoms with E-state index in [1.807, 2.05) is 0 Å². The van der Waals surface area contributed by atoms with E-state index in [2.05, 4.69) is 299 Å². The maximum absolute atomic E-state index is 6.65. The van der Waals surface area contributed by atoms with Crippen LogP contribution in [-0.2, 0) is 6.04 Å². The van der Waals surface area contributed by atoms with Crippen LogP contribution in [0.15, 0.2) is 290 Å². The lowest BCUT2D eigenvalue weighted by atomic mass is 10.0.